The van der Waals surface area contributed by atoms with Crippen molar-refractivity contribution < 1.29 is 4.79 Å². The molecule has 0 bridgehead atoms. The van der Waals surface area contributed by atoms with E-state index in [0.717, 1.165) is 32.5 Å². The molecule has 2 rings (SSSR count). The van der Waals surface area contributed by atoms with Gasteiger partial charge in [-0.05, 0) is 32.2 Å². The van der Waals surface area contributed by atoms with Gasteiger partial charge in [0.1, 0.15) is 0 Å². The molecule has 1 aliphatic heterocycles. The maximum atomic E-state index is 12.5. The second kappa shape index (κ2) is 6.20. The molecule has 0 radical (unpaired) electrons. The van der Waals surface area contributed by atoms with Crippen LogP contribution in [0.4, 0.5) is 0 Å². The number of carbonyl (C=O) groups excluding carboxylic acids is 1. The van der Waals surface area contributed by atoms with Crippen molar-refractivity contribution in [3.05, 3.63) is 12.7 Å². The Morgan fingerprint density at radius 2 is 2.06 bits per heavy atom. The van der Waals surface area contributed by atoms with Gasteiger partial charge in [-0.15, -0.1) is 6.58 Å². The zero-order chi connectivity index (χ0) is 12.1. The number of hydrogen-bond acceptors (Lipinski definition) is 2. The number of nitrogens with zero attached hydrogens (tertiary/aromatic N) is 1. The summed E-state index contributed by atoms with van der Waals surface area (Å²) in [7, 11) is 0. The fourth-order valence-corrected chi connectivity index (χ4v) is 3.07. The molecule has 1 N–H and O–H groups in total. The highest BCUT2D eigenvalue weighted by Gasteiger charge is 2.31. The molecule has 2 aliphatic rings. The summed E-state index contributed by atoms with van der Waals surface area (Å²) in [5.41, 5.74) is 0. The number of carbonyl (C=O) groups is 1. The Kier molecular flexibility index (Phi) is 4.60. The van der Waals surface area contributed by atoms with Crippen LogP contribution in [0.15, 0.2) is 12.7 Å². The van der Waals surface area contributed by atoms with Crippen molar-refractivity contribution in [3.63, 3.8) is 0 Å². The summed E-state index contributed by atoms with van der Waals surface area (Å²) >= 11 is 0. The molecule has 0 spiro atoms. The molecular weight excluding hydrogens is 212 g/mol. The lowest BCUT2D eigenvalue weighted by Crippen LogP contribution is -2.46. The van der Waals surface area contributed by atoms with E-state index < -0.39 is 0 Å². The predicted octanol–water partition coefficient (Wildman–Crippen LogP) is 1.94. The van der Waals surface area contributed by atoms with Crippen molar-refractivity contribution in [3.8, 4) is 0 Å². The van der Waals surface area contributed by atoms with Gasteiger partial charge < -0.3 is 10.2 Å². The van der Waals surface area contributed by atoms with Gasteiger partial charge in [-0.2, -0.15) is 0 Å². The topological polar surface area (TPSA) is 32.3 Å². The largest absolute Gasteiger partial charge is 0.336 e. The van der Waals surface area contributed by atoms with Gasteiger partial charge in [0, 0.05) is 19.1 Å². The van der Waals surface area contributed by atoms with E-state index in [1.807, 2.05) is 6.08 Å². The number of rotatable bonds is 4. The number of piperidine rings is 1. The second-order valence-electron chi connectivity index (χ2n) is 5.26. The Bertz CT molecular complexity index is 265. The molecule has 3 nitrogen and oxygen atoms in total. The van der Waals surface area contributed by atoms with Gasteiger partial charge >= 0.3 is 0 Å². The van der Waals surface area contributed by atoms with Crippen LogP contribution in [-0.2, 0) is 4.79 Å². The van der Waals surface area contributed by atoms with Crippen LogP contribution in [0.2, 0.25) is 0 Å². The van der Waals surface area contributed by atoms with Gasteiger partial charge in [0.2, 0.25) is 5.91 Å². The van der Waals surface area contributed by atoms with Gasteiger partial charge in [0.15, 0.2) is 0 Å². The molecule has 0 aromatic carbocycles. The van der Waals surface area contributed by atoms with Crippen LogP contribution in [0.1, 0.15) is 38.5 Å². The van der Waals surface area contributed by atoms with Crippen LogP contribution in [-0.4, -0.2) is 36.5 Å². The van der Waals surface area contributed by atoms with E-state index in [4.69, 9.17) is 0 Å². The lowest BCUT2D eigenvalue weighted by atomic mass is 9.97. The van der Waals surface area contributed by atoms with E-state index >= 15 is 0 Å². The minimum atomic E-state index is 0.198. The molecule has 3 heteroatoms. The number of nitrogens with one attached hydrogen (secondary N) is 1. The van der Waals surface area contributed by atoms with Gasteiger partial charge in [-0.3, -0.25) is 4.79 Å². The van der Waals surface area contributed by atoms with Crippen LogP contribution in [0.25, 0.3) is 0 Å². The highest BCUT2D eigenvalue weighted by atomic mass is 16.2. The summed E-state index contributed by atoms with van der Waals surface area (Å²) in [5.74, 6) is 0.549. The van der Waals surface area contributed by atoms with Gasteiger partial charge in [0.05, 0.1) is 5.92 Å². The molecule has 1 saturated heterocycles. The third kappa shape index (κ3) is 3.09. The molecule has 2 fully saturated rings. The zero-order valence-electron chi connectivity index (χ0n) is 10.7. The quantitative estimate of drug-likeness (QED) is 0.757. The van der Waals surface area contributed by atoms with E-state index in [0.29, 0.717) is 11.9 Å². The van der Waals surface area contributed by atoms with E-state index in [9.17, 15) is 4.79 Å². The minimum Gasteiger partial charge on any atom is -0.336 e. The highest BCUT2D eigenvalue weighted by Crippen LogP contribution is 2.26. The second-order valence-corrected chi connectivity index (χ2v) is 5.26. The van der Waals surface area contributed by atoms with Crippen LogP contribution in [0.3, 0.4) is 0 Å². The summed E-state index contributed by atoms with van der Waals surface area (Å²) < 4.78 is 0. The summed E-state index contributed by atoms with van der Waals surface area (Å²) in [6.07, 6.45) is 8.95. The van der Waals surface area contributed by atoms with E-state index in [2.05, 4.69) is 16.8 Å². The van der Waals surface area contributed by atoms with E-state index in [1.165, 1.54) is 25.7 Å². The first-order valence-corrected chi connectivity index (χ1v) is 6.95. The van der Waals surface area contributed by atoms with Crippen LogP contribution < -0.4 is 5.32 Å². The van der Waals surface area contributed by atoms with Crippen LogP contribution in [0.5, 0.6) is 0 Å². The third-order valence-electron chi connectivity index (χ3n) is 4.02. The molecule has 1 aliphatic carbocycles. The molecule has 0 aromatic heterocycles. The van der Waals surface area contributed by atoms with Gasteiger partial charge in [0.25, 0.3) is 0 Å². The monoisotopic (exact) mass is 236 g/mol. The van der Waals surface area contributed by atoms with Gasteiger partial charge in [-0.25, -0.2) is 0 Å². The van der Waals surface area contributed by atoms with E-state index in [1.54, 1.807) is 0 Å². The zero-order valence-corrected chi connectivity index (χ0v) is 10.7. The summed E-state index contributed by atoms with van der Waals surface area (Å²) in [6, 6.07) is 0.474. The molecule has 1 amide bonds. The van der Waals surface area contributed by atoms with Crippen molar-refractivity contribution >= 4 is 5.91 Å². The van der Waals surface area contributed by atoms with Gasteiger partial charge in [-0.1, -0.05) is 18.9 Å². The first kappa shape index (κ1) is 12.6. The lowest BCUT2D eigenvalue weighted by molar-refractivity contribution is -0.137. The van der Waals surface area contributed by atoms with Crippen LogP contribution in [0, 0.1) is 5.92 Å². The average Bonchev–Trinajstić information content (AvgIpc) is 2.90. The van der Waals surface area contributed by atoms with Crippen molar-refractivity contribution in [2.24, 2.45) is 5.92 Å². The summed E-state index contributed by atoms with van der Waals surface area (Å²) in [5, 5.41) is 3.33. The molecule has 1 saturated carbocycles. The van der Waals surface area contributed by atoms with Crippen molar-refractivity contribution in [2.75, 3.05) is 19.6 Å². The Morgan fingerprint density at radius 1 is 1.29 bits per heavy atom. The third-order valence-corrected chi connectivity index (χ3v) is 4.02. The highest BCUT2D eigenvalue weighted by molar-refractivity contribution is 5.79. The maximum Gasteiger partial charge on any atom is 0.227 e. The molecule has 0 unspecified atom stereocenters. The number of amides is 1. The van der Waals surface area contributed by atoms with Crippen molar-refractivity contribution in [1.29, 1.82) is 0 Å². The fraction of sp³-hybridized carbons (Fsp3) is 0.786. The fourth-order valence-electron chi connectivity index (χ4n) is 3.07. The first-order chi connectivity index (χ1) is 8.33. The average molecular weight is 236 g/mol. The lowest BCUT2D eigenvalue weighted by Gasteiger charge is -2.33. The summed E-state index contributed by atoms with van der Waals surface area (Å²) in [4.78, 5) is 14.6. The first-order valence-electron chi connectivity index (χ1n) is 6.95. The predicted molar refractivity (Wildman–Crippen MR) is 69.8 cm³/mol. The van der Waals surface area contributed by atoms with Crippen molar-refractivity contribution in [2.45, 2.75) is 44.6 Å². The smallest absolute Gasteiger partial charge is 0.227 e. The minimum absolute atomic E-state index is 0.198. The van der Waals surface area contributed by atoms with E-state index in [-0.39, 0.29) is 5.92 Å². The Labute approximate surface area is 104 Å². The standard InChI is InChI=1S/C14H24N2O/c1-2-10-16(13-7-3-4-8-13)14(17)12-6-5-9-15-11-12/h2,12-13,15H,1,3-11H2/t12-/m0/s1. The Morgan fingerprint density at radius 3 is 2.65 bits per heavy atom. The van der Waals surface area contributed by atoms with Crippen LogP contribution >= 0.6 is 0 Å². The normalized spacial score (nSPS) is 25.8. The summed E-state index contributed by atoms with van der Waals surface area (Å²) in [6.45, 7) is 6.44. The Hall–Kier alpha value is -0.830. The van der Waals surface area contributed by atoms with Crippen molar-refractivity contribution in [1.82, 2.24) is 10.2 Å². The molecule has 1 heterocycles. The molecule has 0 aromatic rings. The molecule has 96 valence electrons. The number of hydrogen-bond donors (Lipinski definition) is 1. The maximum absolute atomic E-state index is 12.5. The SMILES string of the molecule is C=CCN(C(=O)[C@H]1CCCNC1)C1CCCC1. The molecular formula is C14H24N2O. The molecule has 1 atom stereocenters. The Balaban J connectivity index is 1.97. The molecule has 17 heavy (non-hydrogen) atoms.